The molecule has 2 nitrogen and oxygen atoms in total. The van der Waals surface area contributed by atoms with Crippen LogP contribution in [0.1, 0.15) is 59.8 Å². The zero-order chi connectivity index (χ0) is 13.1. The summed E-state index contributed by atoms with van der Waals surface area (Å²) in [6, 6.07) is 0. The maximum Gasteiger partial charge on any atom is 0.0639 e. The predicted molar refractivity (Wildman–Crippen MR) is 73.7 cm³/mol. The van der Waals surface area contributed by atoms with Crippen LogP contribution >= 0.6 is 0 Å². The van der Waals surface area contributed by atoms with Crippen LogP contribution in [0.2, 0.25) is 0 Å². The van der Waals surface area contributed by atoms with E-state index in [2.05, 4.69) is 27.7 Å². The lowest BCUT2D eigenvalue weighted by Gasteiger charge is -2.41. The van der Waals surface area contributed by atoms with Crippen LogP contribution in [0.3, 0.4) is 0 Å². The summed E-state index contributed by atoms with van der Waals surface area (Å²) in [6.07, 6.45) is 5.87. The second kappa shape index (κ2) is 6.19. The van der Waals surface area contributed by atoms with E-state index in [4.69, 9.17) is 5.73 Å². The fourth-order valence-electron chi connectivity index (χ4n) is 3.73. The molecule has 0 aromatic carbocycles. The van der Waals surface area contributed by atoms with Gasteiger partial charge in [-0.05, 0) is 49.0 Å². The second-order valence-electron chi connectivity index (χ2n) is 6.76. The fraction of sp³-hybridized carbons (Fsp3) is 1.00. The van der Waals surface area contributed by atoms with Crippen LogP contribution in [-0.2, 0) is 0 Å². The van der Waals surface area contributed by atoms with Crippen molar-refractivity contribution in [2.24, 2.45) is 28.9 Å². The molecule has 0 spiro atoms. The Morgan fingerprint density at radius 1 is 1.12 bits per heavy atom. The highest BCUT2D eigenvalue weighted by molar-refractivity contribution is 4.95. The van der Waals surface area contributed by atoms with Crippen molar-refractivity contribution in [1.29, 1.82) is 0 Å². The first kappa shape index (κ1) is 15.0. The molecule has 3 N–H and O–H groups in total. The second-order valence-corrected chi connectivity index (χ2v) is 6.76. The van der Waals surface area contributed by atoms with Crippen LogP contribution in [0, 0.1) is 23.2 Å². The van der Waals surface area contributed by atoms with Gasteiger partial charge in [0.25, 0.3) is 0 Å². The average molecular weight is 241 g/mol. The van der Waals surface area contributed by atoms with Crippen LogP contribution in [0.4, 0.5) is 0 Å². The van der Waals surface area contributed by atoms with Gasteiger partial charge in [0.15, 0.2) is 0 Å². The average Bonchev–Trinajstić information content (AvgIpc) is 2.66. The van der Waals surface area contributed by atoms with Gasteiger partial charge in [-0.1, -0.05) is 40.5 Å². The summed E-state index contributed by atoms with van der Waals surface area (Å²) in [6.45, 7) is 9.50. The Morgan fingerprint density at radius 3 is 2.00 bits per heavy atom. The van der Waals surface area contributed by atoms with E-state index >= 15 is 0 Å². The lowest BCUT2D eigenvalue weighted by atomic mass is 9.68. The van der Waals surface area contributed by atoms with E-state index in [0.717, 1.165) is 6.42 Å². The van der Waals surface area contributed by atoms with Gasteiger partial charge in [-0.3, -0.25) is 0 Å². The molecule has 1 fully saturated rings. The van der Waals surface area contributed by atoms with Gasteiger partial charge in [0.1, 0.15) is 0 Å². The summed E-state index contributed by atoms with van der Waals surface area (Å²) in [5.41, 5.74) is 6.03. The van der Waals surface area contributed by atoms with Crippen molar-refractivity contribution in [3.8, 4) is 0 Å². The lowest BCUT2D eigenvalue weighted by molar-refractivity contribution is -0.0395. The number of hydrogen-bond acceptors (Lipinski definition) is 2. The van der Waals surface area contributed by atoms with Gasteiger partial charge in [0.2, 0.25) is 0 Å². The number of aliphatic hydroxyl groups excluding tert-OH is 1. The molecule has 0 aliphatic heterocycles. The Bertz CT molecular complexity index is 219. The van der Waals surface area contributed by atoms with E-state index in [9.17, 15) is 5.11 Å². The van der Waals surface area contributed by atoms with Crippen LogP contribution in [0.25, 0.3) is 0 Å². The number of hydrogen-bond donors (Lipinski definition) is 2. The molecule has 0 aromatic rings. The smallest absolute Gasteiger partial charge is 0.0639 e. The lowest BCUT2D eigenvalue weighted by Crippen LogP contribution is -2.44. The van der Waals surface area contributed by atoms with Gasteiger partial charge < -0.3 is 10.8 Å². The predicted octanol–water partition coefficient (Wildman–Crippen LogP) is 3.18. The van der Waals surface area contributed by atoms with Crippen molar-refractivity contribution in [1.82, 2.24) is 0 Å². The molecule has 0 bridgehead atoms. The standard InChI is InChI=1S/C15H31NO/c1-11(2)9-15(7-5-6-8-15)14(17)13(10-16)12(3)4/h11-14,17H,5-10,16H2,1-4H3. The number of nitrogens with two attached hydrogens (primary N) is 1. The van der Waals surface area contributed by atoms with E-state index in [1.807, 2.05) is 0 Å². The molecule has 0 amide bonds. The molecular weight excluding hydrogens is 210 g/mol. The van der Waals surface area contributed by atoms with Gasteiger partial charge in [0.05, 0.1) is 6.10 Å². The quantitative estimate of drug-likeness (QED) is 0.750. The Balaban J connectivity index is 2.82. The van der Waals surface area contributed by atoms with E-state index < -0.39 is 0 Å². The van der Waals surface area contributed by atoms with E-state index in [1.165, 1.54) is 25.7 Å². The van der Waals surface area contributed by atoms with Crippen molar-refractivity contribution >= 4 is 0 Å². The summed E-state index contributed by atoms with van der Waals surface area (Å²) >= 11 is 0. The highest BCUT2D eigenvalue weighted by Gasteiger charge is 2.44. The highest BCUT2D eigenvalue weighted by Crippen LogP contribution is 2.48. The first-order valence-corrected chi connectivity index (χ1v) is 7.31. The molecule has 1 rings (SSSR count). The summed E-state index contributed by atoms with van der Waals surface area (Å²) in [5.74, 6) is 1.39. The molecule has 0 radical (unpaired) electrons. The summed E-state index contributed by atoms with van der Waals surface area (Å²) in [4.78, 5) is 0. The normalized spacial score (nSPS) is 23.3. The first-order valence-electron chi connectivity index (χ1n) is 7.31. The van der Waals surface area contributed by atoms with Gasteiger partial charge in [-0.25, -0.2) is 0 Å². The third-order valence-corrected chi connectivity index (χ3v) is 4.58. The fourth-order valence-corrected chi connectivity index (χ4v) is 3.73. The minimum Gasteiger partial charge on any atom is -0.392 e. The van der Waals surface area contributed by atoms with Gasteiger partial charge in [-0.15, -0.1) is 0 Å². The minimum absolute atomic E-state index is 0.155. The minimum atomic E-state index is -0.211. The third kappa shape index (κ3) is 3.45. The molecular formula is C15H31NO. The van der Waals surface area contributed by atoms with Crippen molar-refractivity contribution in [3.63, 3.8) is 0 Å². The molecule has 17 heavy (non-hydrogen) atoms. The highest BCUT2D eigenvalue weighted by atomic mass is 16.3. The Hall–Kier alpha value is -0.0800. The molecule has 2 heteroatoms. The van der Waals surface area contributed by atoms with Crippen LogP contribution in [0.5, 0.6) is 0 Å². The molecule has 1 saturated carbocycles. The molecule has 102 valence electrons. The largest absolute Gasteiger partial charge is 0.392 e. The topological polar surface area (TPSA) is 46.2 Å². The van der Waals surface area contributed by atoms with E-state index in [0.29, 0.717) is 18.4 Å². The van der Waals surface area contributed by atoms with Crippen LogP contribution in [0.15, 0.2) is 0 Å². The monoisotopic (exact) mass is 241 g/mol. The van der Waals surface area contributed by atoms with E-state index in [1.54, 1.807) is 0 Å². The molecule has 0 heterocycles. The maximum absolute atomic E-state index is 10.8. The molecule has 2 atom stereocenters. The molecule has 1 aliphatic rings. The summed E-state index contributed by atoms with van der Waals surface area (Å²) in [5, 5.41) is 10.8. The van der Waals surface area contributed by atoms with Crippen molar-refractivity contribution in [2.45, 2.75) is 65.9 Å². The van der Waals surface area contributed by atoms with Crippen molar-refractivity contribution in [3.05, 3.63) is 0 Å². The summed E-state index contributed by atoms with van der Waals surface area (Å²) in [7, 11) is 0. The molecule has 0 aromatic heterocycles. The third-order valence-electron chi connectivity index (χ3n) is 4.58. The van der Waals surface area contributed by atoms with Crippen LogP contribution < -0.4 is 5.73 Å². The molecule has 0 saturated heterocycles. The number of rotatable bonds is 6. The maximum atomic E-state index is 10.8. The molecule has 2 unspecified atom stereocenters. The van der Waals surface area contributed by atoms with Crippen LogP contribution in [-0.4, -0.2) is 17.8 Å². The zero-order valence-corrected chi connectivity index (χ0v) is 12.1. The van der Waals surface area contributed by atoms with Gasteiger partial charge in [-0.2, -0.15) is 0 Å². The Labute approximate surface area is 107 Å². The SMILES string of the molecule is CC(C)CC1(C(O)C(CN)C(C)C)CCCC1. The van der Waals surface area contributed by atoms with Gasteiger partial charge >= 0.3 is 0 Å². The summed E-state index contributed by atoms with van der Waals surface area (Å²) < 4.78 is 0. The first-order chi connectivity index (χ1) is 7.93. The zero-order valence-electron chi connectivity index (χ0n) is 12.1. The molecule has 1 aliphatic carbocycles. The Morgan fingerprint density at radius 2 is 1.65 bits per heavy atom. The van der Waals surface area contributed by atoms with Crippen molar-refractivity contribution in [2.75, 3.05) is 6.54 Å². The Kier molecular flexibility index (Phi) is 5.46. The number of aliphatic hydroxyl groups is 1. The van der Waals surface area contributed by atoms with E-state index in [-0.39, 0.29) is 17.4 Å². The van der Waals surface area contributed by atoms with Gasteiger partial charge in [0, 0.05) is 0 Å². The van der Waals surface area contributed by atoms with Crippen molar-refractivity contribution < 1.29 is 5.11 Å².